The maximum Gasteiger partial charge on any atom is 0.249 e. The van der Waals surface area contributed by atoms with Gasteiger partial charge in [0.1, 0.15) is 6.10 Å². The first-order chi connectivity index (χ1) is 5.57. The Morgan fingerprint density at radius 3 is 2.23 bits per heavy atom. The van der Waals surface area contributed by atoms with Gasteiger partial charge in [-0.2, -0.15) is 0 Å². The molecular formula is C8H15AcNO3. The van der Waals surface area contributed by atoms with Gasteiger partial charge >= 0.3 is 0 Å². The minimum atomic E-state index is -0.803. The summed E-state index contributed by atoms with van der Waals surface area (Å²) in [5, 5.41) is 11.8. The number of carbonyl (C=O) groups is 1. The first-order valence-corrected chi connectivity index (χ1v) is 4.13. The number of aliphatic hydroxyl groups is 1. The predicted octanol–water partition coefficient (Wildman–Crippen LogP) is -0.278. The van der Waals surface area contributed by atoms with E-state index in [2.05, 4.69) is 5.32 Å². The molecular weight excluding hydrogens is 385 g/mol. The van der Waals surface area contributed by atoms with Gasteiger partial charge < -0.3 is 15.2 Å². The van der Waals surface area contributed by atoms with Crippen molar-refractivity contribution in [1.29, 1.82) is 0 Å². The van der Waals surface area contributed by atoms with Gasteiger partial charge in [0.25, 0.3) is 0 Å². The normalized spacial score (nSPS) is 38.2. The second-order valence-electron chi connectivity index (χ2n) is 3.28. The summed E-state index contributed by atoms with van der Waals surface area (Å²) in [6, 6.07) is 0. The van der Waals surface area contributed by atoms with Gasteiger partial charge in [-0.15, -0.1) is 0 Å². The fraction of sp³-hybridized carbons (Fsp3) is 0.875. The predicted molar refractivity (Wildman–Crippen MR) is 43.3 cm³/mol. The minimum absolute atomic E-state index is 0. The second kappa shape index (κ2) is 5.65. The van der Waals surface area contributed by atoms with Crippen LogP contribution >= 0.6 is 0 Å². The number of hydrogen-bond acceptors (Lipinski definition) is 3. The molecule has 1 aliphatic heterocycles. The molecule has 1 fully saturated rings. The van der Waals surface area contributed by atoms with Crippen LogP contribution in [-0.4, -0.2) is 30.5 Å². The van der Waals surface area contributed by atoms with Crippen LogP contribution in [0.5, 0.6) is 0 Å². The number of hydrogen-bond donors (Lipinski definition) is 2. The maximum absolute atomic E-state index is 11.2. The van der Waals surface area contributed by atoms with Gasteiger partial charge in [-0.05, 0) is 5.92 Å². The van der Waals surface area contributed by atoms with E-state index in [9.17, 15) is 9.90 Å². The third-order valence-corrected chi connectivity index (χ3v) is 2.55. The molecule has 1 aliphatic rings. The molecule has 1 heterocycles. The third kappa shape index (κ3) is 2.89. The molecule has 0 aromatic rings. The zero-order valence-corrected chi connectivity index (χ0v) is 12.9. The topological polar surface area (TPSA) is 58.6 Å². The van der Waals surface area contributed by atoms with Crippen molar-refractivity contribution in [2.75, 3.05) is 7.05 Å². The van der Waals surface area contributed by atoms with Crippen LogP contribution < -0.4 is 5.32 Å². The van der Waals surface area contributed by atoms with Crippen molar-refractivity contribution in [3.8, 4) is 0 Å². The Bertz CT molecular complexity index is 188. The Morgan fingerprint density at radius 1 is 1.38 bits per heavy atom. The summed E-state index contributed by atoms with van der Waals surface area (Å²) in [6.07, 6.45) is -1.30. The summed E-state index contributed by atoms with van der Waals surface area (Å²) in [6.45, 7) is 3.78. The van der Waals surface area contributed by atoms with Crippen LogP contribution in [0.2, 0.25) is 0 Å². The van der Waals surface area contributed by atoms with Gasteiger partial charge in [-0.25, -0.2) is 0 Å². The Balaban J connectivity index is 0.00000144. The summed E-state index contributed by atoms with van der Waals surface area (Å²) in [5.74, 6) is -0.0712. The number of likely N-dealkylation sites (N-methyl/N-ethyl adjacent to an activating group) is 1. The van der Waals surface area contributed by atoms with Crippen LogP contribution in [0.3, 0.4) is 0 Å². The minimum Gasteiger partial charge on any atom is -0.368 e. The van der Waals surface area contributed by atoms with Gasteiger partial charge in [-0.1, -0.05) is 13.8 Å². The SMILES string of the molecule is CNC(=O)C1OC(O)C(C)C1C.[Ac]. The molecule has 1 saturated heterocycles. The number of rotatable bonds is 1. The first kappa shape index (κ1) is 13.8. The molecule has 2 N–H and O–H groups in total. The molecule has 0 aromatic carbocycles. The van der Waals surface area contributed by atoms with E-state index >= 15 is 0 Å². The molecule has 4 nitrogen and oxygen atoms in total. The van der Waals surface area contributed by atoms with Crippen LogP contribution in [0.25, 0.3) is 0 Å². The molecule has 0 aromatic heterocycles. The summed E-state index contributed by atoms with van der Waals surface area (Å²) < 4.78 is 5.08. The Labute approximate surface area is 114 Å². The van der Waals surface area contributed by atoms with E-state index in [4.69, 9.17) is 4.74 Å². The molecule has 73 valence electrons. The molecule has 1 radical (unpaired) electrons. The van der Waals surface area contributed by atoms with Crippen molar-refractivity contribution in [2.45, 2.75) is 26.2 Å². The van der Waals surface area contributed by atoms with E-state index in [1.54, 1.807) is 7.05 Å². The standard InChI is InChI=1S/C8H15NO3.Ac/c1-4-5(2)8(11)12-6(4)7(10)9-3;/h4-6,8,11H,1-3H3,(H,9,10);. The number of nitrogens with one attached hydrogen (secondary N) is 1. The van der Waals surface area contributed by atoms with Gasteiger partial charge in [-0.3, -0.25) is 4.79 Å². The molecule has 1 rings (SSSR count). The van der Waals surface area contributed by atoms with Gasteiger partial charge in [0, 0.05) is 57.0 Å². The van der Waals surface area contributed by atoms with Crippen LogP contribution in [-0.2, 0) is 9.53 Å². The Kier molecular flexibility index (Phi) is 6.01. The zero-order chi connectivity index (χ0) is 9.30. The van der Waals surface area contributed by atoms with E-state index in [0.717, 1.165) is 0 Å². The van der Waals surface area contributed by atoms with Crippen molar-refractivity contribution in [3.05, 3.63) is 0 Å². The van der Waals surface area contributed by atoms with Crippen LogP contribution in [0.4, 0.5) is 0 Å². The smallest absolute Gasteiger partial charge is 0.249 e. The van der Waals surface area contributed by atoms with Crippen LogP contribution in [0.1, 0.15) is 13.8 Å². The molecule has 5 heteroatoms. The number of aliphatic hydroxyl groups excluding tert-OH is 1. The number of amides is 1. The molecule has 0 bridgehead atoms. The van der Waals surface area contributed by atoms with Crippen LogP contribution in [0.15, 0.2) is 0 Å². The van der Waals surface area contributed by atoms with E-state index < -0.39 is 12.4 Å². The average Bonchev–Trinajstić information content (AvgIpc) is 2.32. The zero-order valence-electron chi connectivity index (χ0n) is 8.15. The quantitative estimate of drug-likeness (QED) is 0.637. The van der Waals surface area contributed by atoms with Crippen molar-refractivity contribution < 1.29 is 58.7 Å². The van der Waals surface area contributed by atoms with Crippen molar-refractivity contribution in [3.63, 3.8) is 0 Å². The molecule has 4 atom stereocenters. The third-order valence-electron chi connectivity index (χ3n) is 2.55. The van der Waals surface area contributed by atoms with E-state index in [-0.39, 0.29) is 61.8 Å². The average molecular weight is 400 g/mol. The number of carbonyl (C=O) groups excluding carboxylic acids is 1. The molecule has 13 heavy (non-hydrogen) atoms. The largest absolute Gasteiger partial charge is 0.368 e. The molecule has 0 saturated carbocycles. The summed E-state index contributed by atoms with van der Waals surface area (Å²) in [7, 11) is 1.56. The van der Waals surface area contributed by atoms with E-state index in [0.29, 0.717) is 0 Å². The second-order valence-corrected chi connectivity index (χ2v) is 3.28. The van der Waals surface area contributed by atoms with Crippen molar-refractivity contribution in [1.82, 2.24) is 5.32 Å². The summed E-state index contributed by atoms with van der Waals surface area (Å²) >= 11 is 0. The fourth-order valence-corrected chi connectivity index (χ4v) is 1.38. The van der Waals surface area contributed by atoms with Crippen molar-refractivity contribution in [2.24, 2.45) is 11.8 Å². The van der Waals surface area contributed by atoms with Gasteiger partial charge in [0.2, 0.25) is 5.91 Å². The molecule has 0 spiro atoms. The summed E-state index contributed by atoms with van der Waals surface area (Å²) in [4.78, 5) is 11.2. The Morgan fingerprint density at radius 2 is 1.92 bits per heavy atom. The Hall–Kier alpha value is 0.832. The van der Waals surface area contributed by atoms with E-state index in [1.165, 1.54) is 0 Å². The van der Waals surface area contributed by atoms with E-state index in [1.807, 2.05) is 13.8 Å². The van der Waals surface area contributed by atoms with Gasteiger partial charge in [0.15, 0.2) is 6.29 Å². The summed E-state index contributed by atoms with van der Waals surface area (Å²) in [5.41, 5.74) is 0. The molecule has 0 aliphatic carbocycles. The van der Waals surface area contributed by atoms with Gasteiger partial charge in [0.05, 0.1) is 0 Å². The maximum atomic E-state index is 11.2. The monoisotopic (exact) mass is 400 g/mol. The number of ether oxygens (including phenoxy) is 1. The fourth-order valence-electron chi connectivity index (χ4n) is 1.38. The van der Waals surface area contributed by atoms with Crippen molar-refractivity contribution >= 4 is 5.91 Å². The van der Waals surface area contributed by atoms with Crippen LogP contribution in [0, 0.1) is 55.9 Å². The molecule has 1 amide bonds. The molecule has 4 unspecified atom stereocenters. The first-order valence-electron chi connectivity index (χ1n) is 4.13.